The number of carbonyl (C=O) groups excluding carboxylic acids is 1. The first-order chi connectivity index (χ1) is 32.2. The molecular formula is C60H102O8Si2. The summed E-state index contributed by atoms with van der Waals surface area (Å²) in [4.78, 5) is 12.4. The molecule has 0 saturated heterocycles. The van der Waals surface area contributed by atoms with Gasteiger partial charge in [0.2, 0.25) is 0 Å². The zero-order valence-electron chi connectivity index (χ0n) is 46.8. The molecule has 70 heavy (non-hydrogen) atoms. The van der Waals surface area contributed by atoms with Gasteiger partial charge in [0.1, 0.15) is 5.78 Å². The van der Waals surface area contributed by atoms with Gasteiger partial charge in [0.05, 0.1) is 28.5 Å². The average molecular weight is 1010 g/mol. The Kier molecular flexibility index (Phi) is 11.7. The van der Waals surface area contributed by atoms with Crippen LogP contribution in [0.5, 0.6) is 0 Å². The minimum atomic E-state index is -1.76. The molecule has 23 atom stereocenters. The molecule has 0 amide bonds. The third-order valence-electron chi connectivity index (χ3n) is 27.4. The molecule has 0 radical (unpaired) electrons. The van der Waals surface area contributed by atoms with Gasteiger partial charge in [-0.3, -0.25) is 4.79 Å². The average Bonchev–Trinajstić information content (AvgIpc) is 4.05. The number of fused-ring (bicyclic) bond motifs is 20. The smallest absolute Gasteiger partial charge is 0.191 e. The number of aliphatic hydroxyl groups excluding tert-OH is 1. The molecule has 0 aromatic rings. The van der Waals surface area contributed by atoms with E-state index in [1.165, 1.54) is 12.8 Å². The summed E-state index contributed by atoms with van der Waals surface area (Å²) in [7, 11) is -3.51. The van der Waals surface area contributed by atoms with Crippen LogP contribution in [-0.2, 0) is 13.6 Å². The van der Waals surface area contributed by atoms with Crippen LogP contribution < -0.4 is 0 Å². The van der Waals surface area contributed by atoms with Crippen LogP contribution in [0.25, 0.3) is 0 Å². The van der Waals surface area contributed by atoms with Crippen LogP contribution >= 0.6 is 0 Å². The summed E-state index contributed by atoms with van der Waals surface area (Å²) in [6.07, 6.45) is 16.7. The summed E-state index contributed by atoms with van der Waals surface area (Å²) in [5.74, 6) is 7.96. The lowest BCUT2D eigenvalue weighted by molar-refractivity contribution is -0.237. The van der Waals surface area contributed by atoms with E-state index in [-0.39, 0.29) is 43.6 Å². The van der Waals surface area contributed by atoms with Crippen LogP contribution in [0.3, 0.4) is 0 Å². The molecule has 0 bridgehead atoms. The second kappa shape index (κ2) is 15.7. The van der Waals surface area contributed by atoms with Gasteiger partial charge < -0.3 is 34.4 Å². The number of Topliss-reactive ketones (excluding diaryl/α,β-unsaturated/α-hetero) is 1. The van der Waals surface area contributed by atoms with Crippen molar-refractivity contribution in [3.63, 3.8) is 0 Å². The minimum absolute atomic E-state index is 0.00581. The molecular weight excluding hydrogens is 905 g/mol. The van der Waals surface area contributed by atoms with E-state index in [0.29, 0.717) is 102 Å². The maximum absolute atomic E-state index is 12.4. The van der Waals surface area contributed by atoms with Gasteiger partial charge >= 0.3 is 0 Å². The molecule has 12 saturated carbocycles. The topological polar surface area (TPSA) is 137 Å². The number of hydrogen-bond acceptors (Lipinski definition) is 8. The zero-order chi connectivity index (χ0) is 50.8. The van der Waals surface area contributed by atoms with Crippen molar-refractivity contribution in [2.75, 3.05) is 13.2 Å². The number of rotatable bonds is 10. The van der Waals surface area contributed by atoms with Crippen molar-refractivity contribution < 1.29 is 39.2 Å². The van der Waals surface area contributed by atoms with Crippen molar-refractivity contribution in [3.05, 3.63) is 0 Å². The molecule has 12 aliphatic rings. The fourth-order valence-electron chi connectivity index (χ4n) is 21.1. The van der Waals surface area contributed by atoms with Gasteiger partial charge in [-0.15, -0.1) is 0 Å². The fourth-order valence-corrected chi connectivity index (χ4v) is 23.3. The van der Waals surface area contributed by atoms with Crippen LogP contribution in [0.15, 0.2) is 0 Å². The quantitative estimate of drug-likeness (QED) is 0.108. The first kappa shape index (κ1) is 51.9. The summed E-state index contributed by atoms with van der Waals surface area (Å²) in [6, 6.07) is 0. The van der Waals surface area contributed by atoms with Crippen LogP contribution in [0, 0.1) is 105 Å². The maximum atomic E-state index is 12.4. The second-order valence-electron chi connectivity index (χ2n) is 31.9. The summed E-state index contributed by atoms with van der Waals surface area (Å²) >= 11 is 0. The van der Waals surface area contributed by atoms with Crippen molar-refractivity contribution in [1.29, 1.82) is 0 Å². The van der Waals surface area contributed by atoms with Crippen molar-refractivity contribution in [3.8, 4) is 0 Å². The summed E-state index contributed by atoms with van der Waals surface area (Å²) < 4.78 is 13.0. The van der Waals surface area contributed by atoms with E-state index in [4.69, 9.17) is 8.85 Å². The molecule has 12 fully saturated rings. The molecule has 0 spiro atoms. The predicted octanol–water partition coefficient (Wildman–Crippen LogP) is 11.7. The van der Waals surface area contributed by atoms with Gasteiger partial charge in [-0.1, -0.05) is 69.2 Å². The monoisotopic (exact) mass is 1010 g/mol. The van der Waals surface area contributed by atoms with E-state index in [1.54, 1.807) is 0 Å². The molecule has 8 nitrogen and oxygen atoms in total. The van der Waals surface area contributed by atoms with Crippen LogP contribution in [0.1, 0.15) is 185 Å². The molecule has 6 unspecified atom stereocenters. The van der Waals surface area contributed by atoms with E-state index in [0.717, 1.165) is 96.7 Å². The molecule has 0 heterocycles. The number of ketones is 1. The Bertz CT molecular complexity index is 2100. The molecule has 12 aliphatic carbocycles. The summed E-state index contributed by atoms with van der Waals surface area (Å²) in [5, 5.41) is 59.6. The Morgan fingerprint density at radius 1 is 0.543 bits per heavy atom. The lowest BCUT2D eigenvalue weighted by Gasteiger charge is -2.64. The molecule has 0 aromatic carbocycles. The zero-order valence-corrected chi connectivity index (χ0v) is 48.8. The van der Waals surface area contributed by atoms with Crippen molar-refractivity contribution in [2.24, 2.45) is 105 Å². The minimum Gasteiger partial charge on any atom is -0.417 e. The van der Waals surface area contributed by atoms with Gasteiger partial charge in [0, 0.05) is 37.9 Å². The van der Waals surface area contributed by atoms with E-state index in [2.05, 4.69) is 95.4 Å². The molecule has 5 N–H and O–H groups in total. The van der Waals surface area contributed by atoms with Crippen molar-refractivity contribution >= 4 is 22.4 Å². The highest BCUT2D eigenvalue weighted by Crippen LogP contribution is 2.84. The van der Waals surface area contributed by atoms with Crippen LogP contribution in [0.4, 0.5) is 0 Å². The highest BCUT2D eigenvalue weighted by molar-refractivity contribution is 6.74. The second-order valence-corrected chi connectivity index (χ2v) is 41.5. The summed E-state index contributed by atoms with van der Waals surface area (Å²) in [5.41, 5.74) is -2.78. The van der Waals surface area contributed by atoms with Crippen molar-refractivity contribution in [1.82, 2.24) is 0 Å². The molecule has 10 heteroatoms. The Hall–Kier alpha value is -0.176. The molecule has 0 aliphatic heterocycles. The van der Waals surface area contributed by atoms with Crippen molar-refractivity contribution in [2.45, 2.75) is 250 Å². The highest BCUT2D eigenvalue weighted by Gasteiger charge is 2.83. The third-order valence-corrected chi connectivity index (χ3v) is 36.4. The Labute approximate surface area is 427 Å². The standard InChI is InChI=1S/C30H52O4Si.C30H50O4Si/c2*1-26(2,3)35(6,7)34-14-8-11-29(32)23-16-20(23)25-24-19-15-22(19)30(33)17-18(31)9-12-27(30,4)21(24)10-13-28(25,29)5/h18-25,31-33H,8-17H2,1-7H3;19-25,32-33H,8-17H2,1-7H3/t18-,19-,20+,21?,22+,23-,24?,25?,27+,28-,29-,30+;19-,20+,21?,22+,23-,24?,25?,27+,28-,29-,30+/m00/s1. The molecule has 398 valence electrons. The number of hydrogen-bond donors (Lipinski definition) is 5. The van der Waals surface area contributed by atoms with E-state index < -0.39 is 39.0 Å². The molecule has 0 aromatic heterocycles. The largest absolute Gasteiger partial charge is 0.417 e. The fraction of sp³-hybridized carbons (Fsp3) is 0.983. The first-order valence-corrected chi connectivity index (χ1v) is 35.4. The number of aliphatic hydroxyl groups is 5. The van der Waals surface area contributed by atoms with Gasteiger partial charge in [0.25, 0.3) is 0 Å². The first-order valence-electron chi connectivity index (χ1n) is 29.6. The lowest BCUT2D eigenvalue weighted by atomic mass is 9.42. The van der Waals surface area contributed by atoms with Gasteiger partial charge in [-0.25, -0.2) is 0 Å². The SMILES string of the molecule is CC(C)(C)[Si](C)(C)OCCC[C@]1(O)[C@H]2C[C@H]2C2C3C(CC[C@@]21C)[C@@]1(C)CCC(=O)C[C@@]1(O)[C@@H]1C[C@H]31.CC(C)(C)[Si](C)(C)OCCC[C@]1(O)[C@H]2C[C@H]2C2C3C(CC[C@@]21C)[C@@]1(C)CC[C@H](O)C[C@@]1(O)[C@@H]1C[C@H]31. The summed E-state index contributed by atoms with van der Waals surface area (Å²) in [6.45, 7) is 34.2. The Morgan fingerprint density at radius 2 is 0.943 bits per heavy atom. The third kappa shape index (κ3) is 6.88. The predicted molar refractivity (Wildman–Crippen MR) is 282 cm³/mol. The maximum Gasteiger partial charge on any atom is 0.191 e. The van der Waals surface area contributed by atoms with Gasteiger partial charge in [0.15, 0.2) is 16.6 Å². The normalized spacial score (nSPS) is 55.4. The van der Waals surface area contributed by atoms with E-state index >= 15 is 0 Å². The van der Waals surface area contributed by atoms with Gasteiger partial charge in [-0.05, 0) is 232 Å². The van der Waals surface area contributed by atoms with E-state index in [1.807, 2.05) is 0 Å². The van der Waals surface area contributed by atoms with E-state index in [9.17, 15) is 30.3 Å². The lowest BCUT2D eigenvalue weighted by Crippen LogP contribution is -2.65. The van der Waals surface area contributed by atoms with Gasteiger partial charge in [-0.2, -0.15) is 0 Å². The molecule has 12 rings (SSSR count). The number of carbonyl (C=O) groups is 1. The Balaban J connectivity index is 0.000000152. The Morgan fingerprint density at radius 3 is 1.39 bits per heavy atom. The van der Waals surface area contributed by atoms with Crippen LogP contribution in [0.2, 0.25) is 36.3 Å². The highest BCUT2D eigenvalue weighted by atomic mass is 28.4. The van der Waals surface area contributed by atoms with Crippen LogP contribution in [-0.4, -0.2) is 89.7 Å².